The summed E-state index contributed by atoms with van der Waals surface area (Å²) in [4.78, 5) is 14.2. The Morgan fingerprint density at radius 2 is 1.49 bits per heavy atom. The summed E-state index contributed by atoms with van der Waals surface area (Å²) >= 11 is 3.53. The molecule has 1 aliphatic carbocycles. The number of ketones is 1. The third kappa shape index (κ3) is 5.01. The number of dihydropyridines is 1. The lowest BCUT2D eigenvalue weighted by Crippen LogP contribution is -2.37. The molecule has 0 radical (unpaired) electrons. The zero-order valence-corrected chi connectivity index (χ0v) is 23.1. The molecule has 5 rings (SSSR count). The monoisotopic (exact) mass is 555 g/mol. The van der Waals surface area contributed by atoms with E-state index in [2.05, 4.69) is 65.4 Å². The van der Waals surface area contributed by atoms with Crippen LogP contribution in [0.15, 0.2) is 100 Å². The molecule has 0 saturated heterocycles. The van der Waals surface area contributed by atoms with Crippen LogP contribution in [0.3, 0.4) is 0 Å². The maximum atomic E-state index is 14.2. The highest BCUT2D eigenvalue weighted by molar-refractivity contribution is 9.10. The van der Waals surface area contributed by atoms with Crippen molar-refractivity contribution in [1.82, 2.24) is 5.32 Å². The summed E-state index contributed by atoms with van der Waals surface area (Å²) in [5.41, 5.74) is 6.41. The van der Waals surface area contributed by atoms with Crippen molar-refractivity contribution < 1.29 is 14.3 Å². The van der Waals surface area contributed by atoms with Crippen LogP contribution in [0.1, 0.15) is 42.9 Å². The lowest BCUT2D eigenvalue weighted by molar-refractivity contribution is -0.113. The summed E-state index contributed by atoms with van der Waals surface area (Å²) < 4.78 is 11.7. The molecule has 1 N–H and O–H groups in total. The molecular weight excluding hydrogens is 526 g/mol. The maximum absolute atomic E-state index is 14.2. The van der Waals surface area contributed by atoms with Crippen molar-refractivity contribution in [2.45, 2.75) is 26.2 Å². The number of methoxy groups -OCH3 is 2. The normalized spacial score (nSPS) is 19.7. The Hall–Kier alpha value is -3.57. The SMILES string of the molecule is COc1ccc(/C=C2\C(=O)C3=C(CC2(C)C)NC(c2ccc(Br)cc2)=CC3c2ccc(OC)cc2)cc1. The molecule has 37 heavy (non-hydrogen) atoms. The Bertz CT molecular complexity index is 1410. The fourth-order valence-electron chi connectivity index (χ4n) is 5.12. The van der Waals surface area contributed by atoms with Crippen LogP contribution in [0.5, 0.6) is 11.5 Å². The lowest BCUT2D eigenvalue weighted by atomic mass is 9.67. The number of carbonyl (C=O) groups excluding carboxylic acids is 1. The van der Waals surface area contributed by atoms with Gasteiger partial charge in [-0.1, -0.05) is 66.2 Å². The molecular formula is C32H30BrNO3. The van der Waals surface area contributed by atoms with E-state index in [1.807, 2.05) is 54.6 Å². The molecule has 0 amide bonds. The second-order valence-electron chi connectivity index (χ2n) is 10.1. The Kier molecular flexibility index (Phi) is 6.82. The second kappa shape index (κ2) is 10.1. The molecule has 0 saturated carbocycles. The highest BCUT2D eigenvalue weighted by atomic mass is 79.9. The van der Waals surface area contributed by atoms with Gasteiger partial charge in [0.1, 0.15) is 11.5 Å². The Morgan fingerprint density at radius 3 is 2.08 bits per heavy atom. The van der Waals surface area contributed by atoms with E-state index in [0.29, 0.717) is 0 Å². The molecule has 0 aromatic heterocycles. The third-order valence-corrected chi connectivity index (χ3v) is 7.68. The number of halogens is 1. The minimum absolute atomic E-state index is 0.0847. The van der Waals surface area contributed by atoms with Gasteiger partial charge in [-0.3, -0.25) is 4.79 Å². The van der Waals surface area contributed by atoms with Crippen molar-refractivity contribution in [3.8, 4) is 11.5 Å². The van der Waals surface area contributed by atoms with Crippen molar-refractivity contribution in [2.75, 3.05) is 14.2 Å². The van der Waals surface area contributed by atoms with Gasteiger partial charge >= 0.3 is 0 Å². The Labute approximate surface area is 226 Å². The van der Waals surface area contributed by atoms with Crippen LogP contribution in [0.4, 0.5) is 0 Å². The van der Waals surface area contributed by atoms with Gasteiger partial charge in [-0.05, 0) is 77.1 Å². The number of carbonyl (C=O) groups is 1. The molecule has 2 aliphatic rings. The molecule has 1 aliphatic heterocycles. The molecule has 3 aromatic carbocycles. The summed E-state index contributed by atoms with van der Waals surface area (Å²) in [6.45, 7) is 4.29. The maximum Gasteiger partial charge on any atom is 0.188 e. The van der Waals surface area contributed by atoms with Crippen molar-refractivity contribution >= 4 is 33.5 Å². The van der Waals surface area contributed by atoms with E-state index in [9.17, 15) is 4.79 Å². The molecule has 0 spiro atoms. The van der Waals surface area contributed by atoms with E-state index < -0.39 is 0 Å². The molecule has 0 bridgehead atoms. The Balaban J connectivity index is 1.61. The molecule has 1 heterocycles. The van der Waals surface area contributed by atoms with Gasteiger partial charge in [-0.2, -0.15) is 0 Å². The van der Waals surface area contributed by atoms with Crippen LogP contribution in [0.2, 0.25) is 0 Å². The fourth-order valence-corrected chi connectivity index (χ4v) is 5.38. The van der Waals surface area contributed by atoms with Gasteiger partial charge in [-0.25, -0.2) is 0 Å². The van der Waals surface area contributed by atoms with Crippen LogP contribution in [0, 0.1) is 5.41 Å². The number of nitrogens with one attached hydrogen (secondary N) is 1. The first-order chi connectivity index (χ1) is 17.8. The first-order valence-electron chi connectivity index (χ1n) is 12.3. The summed E-state index contributed by atoms with van der Waals surface area (Å²) in [6.07, 6.45) is 4.94. The number of hydrogen-bond acceptors (Lipinski definition) is 4. The van der Waals surface area contributed by atoms with E-state index >= 15 is 0 Å². The van der Waals surface area contributed by atoms with E-state index in [-0.39, 0.29) is 17.1 Å². The van der Waals surface area contributed by atoms with Crippen molar-refractivity contribution in [3.05, 3.63) is 117 Å². The Morgan fingerprint density at radius 1 is 0.892 bits per heavy atom. The fraction of sp³-hybridized carbons (Fsp3) is 0.219. The van der Waals surface area contributed by atoms with E-state index in [1.165, 1.54) is 0 Å². The van der Waals surface area contributed by atoms with E-state index in [4.69, 9.17) is 9.47 Å². The molecule has 188 valence electrons. The minimum Gasteiger partial charge on any atom is -0.497 e. The van der Waals surface area contributed by atoms with Crippen LogP contribution in [-0.2, 0) is 4.79 Å². The topological polar surface area (TPSA) is 47.6 Å². The molecule has 1 unspecified atom stereocenters. The quantitative estimate of drug-likeness (QED) is 0.330. The summed E-state index contributed by atoms with van der Waals surface area (Å²) in [5, 5.41) is 3.64. The number of allylic oxidation sites excluding steroid dienone is 4. The van der Waals surface area contributed by atoms with Gasteiger partial charge in [0, 0.05) is 32.9 Å². The van der Waals surface area contributed by atoms with E-state index in [1.54, 1.807) is 14.2 Å². The van der Waals surface area contributed by atoms with Crippen molar-refractivity contribution in [2.24, 2.45) is 5.41 Å². The third-order valence-electron chi connectivity index (χ3n) is 7.15. The lowest BCUT2D eigenvalue weighted by Gasteiger charge is -2.40. The first kappa shape index (κ1) is 25.1. The number of hydrogen-bond donors (Lipinski definition) is 1. The zero-order chi connectivity index (χ0) is 26.2. The molecule has 4 nitrogen and oxygen atoms in total. The average Bonchev–Trinajstić information content (AvgIpc) is 2.91. The second-order valence-corrected chi connectivity index (χ2v) is 11.0. The molecule has 3 aromatic rings. The zero-order valence-electron chi connectivity index (χ0n) is 21.5. The van der Waals surface area contributed by atoms with Gasteiger partial charge in [0.25, 0.3) is 0 Å². The predicted molar refractivity (Wildman–Crippen MR) is 152 cm³/mol. The van der Waals surface area contributed by atoms with Crippen molar-refractivity contribution in [3.63, 3.8) is 0 Å². The van der Waals surface area contributed by atoms with Crippen LogP contribution >= 0.6 is 15.9 Å². The van der Waals surface area contributed by atoms with Gasteiger partial charge in [-0.15, -0.1) is 0 Å². The van der Waals surface area contributed by atoms with E-state index in [0.717, 1.165) is 61.6 Å². The van der Waals surface area contributed by atoms with Gasteiger partial charge < -0.3 is 14.8 Å². The average molecular weight is 557 g/mol. The van der Waals surface area contributed by atoms with Crippen LogP contribution < -0.4 is 14.8 Å². The molecule has 0 fully saturated rings. The highest BCUT2D eigenvalue weighted by Gasteiger charge is 2.42. The number of benzene rings is 3. The number of ether oxygens (including phenoxy) is 2. The van der Waals surface area contributed by atoms with Gasteiger partial charge in [0.2, 0.25) is 0 Å². The van der Waals surface area contributed by atoms with Crippen LogP contribution in [0.25, 0.3) is 11.8 Å². The van der Waals surface area contributed by atoms with Crippen LogP contribution in [-0.4, -0.2) is 20.0 Å². The standard InChI is InChI=1S/C32H30BrNO3/c1-32(2)19-29-30(31(35)27(32)17-20-5-13-24(36-3)14-6-20)26(21-9-15-25(37-4)16-10-21)18-28(34-29)22-7-11-23(33)12-8-22/h5-18,26,34H,19H2,1-4H3/b27-17+. The number of Topliss-reactive ketones (excluding diaryl/α,β-unsaturated/α-hetero) is 1. The predicted octanol–water partition coefficient (Wildman–Crippen LogP) is 7.53. The smallest absolute Gasteiger partial charge is 0.188 e. The van der Waals surface area contributed by atoms with Crippen molar-refractivity contribution in [1.29, 1.82) is 0 Å². The van der Waals surface area contributed by atoms with Gasteiger partial charge in [0.05, 0.1) is 14.2 Å². The number of rotatable bonds is 5. The highest BCUT2D eigenvalue weighted by Crippen LogP contribution is 2.48. The minimum atomic E-state index is -0.338. The summed E-state index contributed by atoms with van der Waals surface area (Å²) in [6, 6.07) is 24.1. The summed E-state index contributed by atoms with van der Waals surface area (Å²) in [7, 11) is 3.31. The summed E-state index contributed by atoms with van der Waals surface area (Å²) in [5.74, 6) is 1.49. The molecule has 1 atom stereocenters. The first-order valence-corrected chi connectivity index (χ1v) is 13.1. The largest absolute Gasteiger partial charge is 0.497 e. The van der Waals surface area contributed by atoms with Gasteiger partial charge in [0.15, 0.2) is 5.78 Å². The molecule has 5 heteroatoms.